The predicted molar refractivity (Wildman–Crippen MR) is 37.7 cm³/mol. The van der Waals surface area contributed by atoms with Crippen LogP contribution in [0.4, 0.5) is 5.82 Å². The smallest absolute Gasteiger partial charge is 0.356 e. The minimum Gasteiger partial charge on any atom is -0.464 e. The molecule has 11 heavy (non-hydrogen) atoms. The van der Waals surface area contributed by atoms with Crippen LogP contribution in [0.2, 0.25) is 0 Å². The molecule has 6 heteroatoms. The van der Waals surface area contributed by atoms with Gasteiger partial charge in [-0.2, -0.15) is 5.10 Å². The van der Waals surface area contributed by atoms with Gasteiger partial charge in [0.25, 0.3) is 0 Å². The lowest BCUT2D eigenvalue weighted by molar-refractivity contribution is 0.0594. The summed E-state index contributed by atoms with van der Waals surface area (Å²) >= 11 is 0. The topological polar surface area (TPSA) is 93.0 Å². The second-order valence-corrected chi connectivity index (χ2v) is 1.80. The molecule has 1 aromatic heterocycles. The molecule has 0 radical (unpaired) electrons. The molecule has 1 aromatic rings. The van der Waals surface area contributed by atoms with Crippen LogP contribution in [0.25, 0.3) is 0 Å². The number of nitrogens with two attached hydrogens (primary N) is 1. The van der Waals surface area contributed by atoms with Gasteiger partial charge in [0.1, 0.15) is 5.69 Å². The van der Waals surface area contributed by atoms with Gasteiger partial charge in [-0.1, -0.05) is 0 Å². The SMILES string of the molecule is COC(=O)c1cc(NN)n[nH]1. The first-order valence-electron chi connectivity index (χ1n) is 2.88. The fourth-order valence-corrected chi connectivity index (χ4v) is 0.610. The lowest BCUT2D eigenvalue weighted by atomic mass is 10.4. The summed E-state index contributed by atoms with van der Waals surface area (Å²) in [6.07, 6.45) is 0. The molecule has 0 aromatic carbocycles. The monoisotopic (exact) mass is 156 g/mol. The van der Waals surface area contributed by atoms with Crippen LogP contribution in [0, 0.1) is 0 Å². The Morgan fingerprint density at radius 1 is 1.91 bits per heavy atom. The Bertz CT molecular complexity index is 257. The molecule has 0 aliphatic heterocycles. The molecule has 0 spiro atoms. The second-order valence-electron chi connectivity index (χ2n) is 1.80. The van der Waals surface area contributed by atoms with Crippen molar-refractivity contribution in [3.05, 3.63) is 11.8 Å². The van der Waals surface area contributed by atoms with E-state index in [9.17, 15) is 4.79 Å². The van der Waals surface area contributed by atoms with E-state index in [1.165, 1.54) is 13.2 Å². The van der Waals surface area contributed by atoms with E-state index < -0.39 is 5.97 Å². The maximum Gasteiger partial charge on any atom is 0.356 e. The highest BCUT2D eigenvalue weighted by Gasteiger charge is 2.07. The summed E-state index contributed by atoms with van der Waals surface area (Å²) in [5, 5.41) is 6.08. The zero-order valence-corrected chi connectivity index (χ0v) is 5.92. The van der Waals surface area contributed by atoms with Gasteiger partial charge in [-0.25, -0.2) is 10.6 Å². The van der Waals surface area contributed by atoms with Crippen molar-refractivity contribution < 1.29 is 9.53 Å². The highest BCUT2D eigenvalue weighted by atomic mass is 16.5. The predicted octanol–water partition coefficient (Wildman–Crippen LogP) is -0.518. The van der Waals surface area contributed by atoms with Gasteiger partial charge in [0.2, 0.25) is 0 Å². The van der Waals surface area contributed by atoms with Crippen molar-refractivity contribution in [3.8, 4) is 0 Å². The van der Waals surface area contributed by atoms with Crippen molar-refractivity contribution in [2.45, 2.75) is 0 Å². The number of rotatable bonds is 2. The first-order valence-corrected chi connectivity index (χ1v) is 2.88. The maximum absolute atomic E-state index is 10.8. The number of hydrogen-bond donors (Lipinski definition) is 3. The lowest BCUT2D eigenvalue weighted by Crippen LogP contribution is -2.06. The summed E-state index contributed by atoms with van der Waals surface area (Å²) in [6.45, 7) is 0. The van der Waals surface area contributed by atoms with Crippen LogP contribution in [0.3, 0.4) is 0 Å². The number of H-pyrrole nitrogens is 1. The van der Waals surface area contributed by atoms with Crippen LogP contribution in [0.1, 0.15) is 10.5 Å². The molecule has 6 nitrogen and oxygen atoms in total. The number of carbonyl (C=O) groups is 1. The van der Waals surface area contributed by atoms with Gasteiger partial charge < -0.3 is 10.2 Å². The number of hydrogen-bond acceptors (Lipinski definition) is 5. The van der Waals surface area contributed by atoms with E-state index in [1.54, 1.807) is 0 Å². The number of esters is 1. The van der Waals surface area contributed by atoms with Crippen LogP contribution >= 0.6 is 0 Å². The molecule has 60 valence electrons. The van der Waals surface area contributed by atoms with E-state index >= 15 is 0 Å². The standard InChI is InChI=1S/C5H8N4O2/c1-11-5(10)3-2-4(7-6)9-8-3/h2H,6H2,1H3,(H2,7,8,9). The Hall–Kier alpha value is -1.56. The van der Waals surface area contributed by atoms with Gasteiger partial charge in [-0.15, -0.1) is 0 Å². The number of aromatic amines is 1. The average molecular weight is 156 g/mol. The van der Waals surface area contributed by atoms with Crippen molar-refractivity contribution >= 4 is 11.8 Å². The molecule has 0 atom stereocenters. The summed E-state index contributed by atoms with van der Waals surface area (Å²) in [4.78, 5) is 10.8. The molecule has 0 aliphatic rings. The number of nitrogen functional groups attached to an aromatic ring is 1. The first-order chi connectivity index (χ1) is 5.27. The third-order valence-electron chi connectivity index (χ3n) is 1.13. The molecule has 0 saturated carbocycles. The summed E-state index contributed by atoms with van der Waals surface area (Å²) in [5.74, 6) is 4.94. The Morgan fingerprint density at radius 3 is 3.09 bits per heavy atom. The number of aromatic nitrogens is 2. The number of methoxy groups -OCH3 is 1. The largest absolute Gasteiger partial charge is 0.464 e. The Labute approximate surface area is 62.7 Å². The number of hydrazine groups is 1. The van der Waals surface area contributed by atoms with Crippen molar-refractivity contribution in [2.24, 2.45) is 5.84 Å². The van der Waals surface area contributed by atoms with Crippen LogP contribution in [-0.4, -0.2) is 23.3 Å². The highest BCUT2D eigenvalue weighted by molar-refractivity contribution is 5.87. The number of nitrogens with zero attached hydrogens (tertiary/aromatic N) is 1. The fourth-order valence-electron chi connectivity index (χ4n) is 0.610. The Morgan fingerprint density at radius 2 is 2.64 bits per heavy atom. The Balaban J connectivity index is 2.80. The second kappa shape index (κ2) is 3.02. The maximum atomic E-state index is 10.8. The van der Waals surface area contributed by atoms with E-state index in [0.717, 1.165) is 0 Å². The van der Waals surface area contributed by atoms with Gasteiger partial charge >= 0.3 is 5.97 Å². The molecule has 0 aliphatic carbocycles. The van der Waals surface area contributed by atoms with Gasteiger partial charge in [0.05, 0.1) is 7.11 Å². The number of ether oxygens (including phenoxy) is 1. The number of anilines is 1. The van der Waals surface area contributed by atoms with Crippen LogP contribution < -0.4 is 11.3 Å². The van der Waals surface area contributed by atoms with Crippen molar-refractivity contribution in [3.63, 3.8) is 0 Å². The van der Waals surface area contributed by atoms with Gasteiger partial charge in [0, 0.05) is 6.07 Å². The third-order valence-corrected chi connectivity index (χ3v) is 1.13. The minimum atomic E-state index is -0.473. The molecule has 0 fully saturated rings. The molecular weight excluding hydrogens is 148 g/mol. The minimum absolute atomic E-state index is 0.264. The normalized spacial score (nSPS) is 9.27. The van der Waals surface area contributed by atoms with Gasteiger partial charge in [-0.3, -0.25) is 5.10 Å². The van der Waals surface area contributed by atoms with E-state index in [2.05, 4.69) is 20.4 Å². The van der Waals surface area contributed by atoms with Crippen LogP contribution in [0.5, 0.6) is 0 Å². The van der Waals surface area contributed by atoms with Gasteiger partial charge in [-0.05, 0) is 0 Å². The summed E-state index contributed by atoms with van der Waals surface area (Å²) < 4.78 is 4.42. The fraction of sp³-hybridized carbons (Fsp3) is 0.200. The molecular formula is C5H8N4O2. The zero-order chi connectivity index (χ0) is 8.27. The van der Waals surface area contributed by atoms with Crippen molar-refractivity contribution in [2.75, 3.05) is 12.5 Å². The first kappa shape index (κ1) is 7.55. The summed E-state index contributed by atoms with van der Waals surface area (Å²) in [7, 11) is 1.29. The molecule has 1 rings (SSSR count). The molecule has 0 saturated heterocycles. The van der Waals surface area contributed by atoms with Crippen molar-refractivity contribution in [1.82, 2.24) is 10.2 Å². The molecule has 1 heterocycles. The average Bonchev–Trinajstić information content (AvgIpc) is 2.50. The molecule has 0 unspecified atom stereocenters. The Kier molecular flexibility index (Phi) is 2.07. The van der Waals surface area contributed by atoms with E-state index in [1.807, 2.05) is 0 Å². The van der Waals surface area contributed by atoms with E-state index in [4.69, 9.17) is 5.84 Å². The zero-order valence-electron chi connectivity index (χ0n) is 5.92. The molecule has 0 bridgehead atoms. The molecule has 0 amide bonds. The van der Waals surface area contributed by atoms with Gasteiger partial charge in [0.15, 0.2) is 5.82 Å². The van der Waals surface area contributed by atoms with Crippen LogP contribution in [-0.2, 0) is 4.74 Å². The number of carbonyl (C=O) groups excluding carboxylic acids is 1. The molecule has 4 N–H and O–H groups in total. The quantitative estimate of drug-likeness (QED) is 0.304. The number of nitrogens with one attached hydrogen (secondary N) is 2. The van der Waals surface area contributed by atoms with Crippen molar-refractivity contribution in [1.29, 1.82) is 0 Å². The third kappa shape index (κ3) is 1.47. The summed E-state index contributed by atoms with van der Waals surface area (Å²) in [5.41, 5.74) is 2.54. The highest BCUT2D eigenvalue weighted by Crippen LogP contribution is 2.03. The van der Waals surface area contributed by atoms with E-state index in [0.29, 0.717) is 5.82 Å². The van der Waals surface area contributed by atoms with E-state index in [-0.39, 0.29) is 5.69 Å². The van der Waals surface area contributed by atoms with Crippen LogP contribution in [0.15, 0.2) is 6.07 Å². The summed E-state index contributed by atoms with van der Waals surface area (Å²) in [6, 6.07) is 1.45. The lowest BCUT2D eigenvalue weighted by Gasteiger charge is -1.90.